The second-order valence-electron chi connectivity index (χ2n) is 4.25. The Morgan fingerprint density at radius 2 is 2.12 bits per heavy atom. The van der Waals surface area contributed by atoms with Crippen molar-refractivity contribution in [2.75, 3.05) is 0 Å². The molecule has 0 bridgehead atoms. The summed E-state index contributed by atoms with van der Waals surface area (Å²) in [5, 5.41) is 2.46. The molecule has 1 aliphatic rings. The Morgan fingerprint density at radius 3 is 2.88 bits per heavy atom. The minimum absolute atomic E-state index is 0.00218. The van der Waals surface area contributed by atoms with E-state index in [0.717, 1.165) is 12.8 Å². The van der Waals surface area contributed by atoms with Crippen LogP contribution in [-0.4, -0.2) is 5.78 Å². The summed E-state index contributed by atoms with van der Waals surface area (Å²) in [6, 6.07) is 10.00. The smallest absolute Gasteiger partial charge is 0.181 e. The summed E-state index contributed by atoms with van der Waals surface area (Å²) in [6.07, 6.45) is 1.90. The quantitative estimate of drug-likeness (QED) is 0.737. The molecule has 0 saturated heterocycles. The number of carbonyl (C=O) groups is 1. The number of aryl methyl sites for hydroxylation is 1. The average molecular weight is 263 g/mol. The van der Waals surface area contributed by atoms with Gasteiger partial charge in [-0.15, -0.1) is 11.3 Å². The Balaban J connectivity index is 1.98. The molecular weight excluding hydrogens is 252 g/mol. The number of rotatable bonds is 2. The number of benzene rings is 1. The molecule has 1 nitrogen and oxygen atoms in total. The molecule has 0 aliphatic heterocycles. The molecule has 0 amide bonds. The highest BCUT2D eigenvalue weighted by Gasteiger charge is 2.30. The van der Waals surface area contributed by atoms with Crippen LogP contribution in [0.2, 0.25) is 5.02 Å². The summed E-state index contributed by atoms with van der Waals surface area (Å²) in [4.78, 5) is 13.1. The highest BCUT2D eigenvalue weighted by molar-refractivity contribution is 7.12. The van der Waals surface area contributed by atoms with E-state index in [1.54, 1.807) is 6.07 Å². The van der Waals surface area contributed by atoms with Gasteiger partial charge in [-0.3, -0.25) is 4.79 Å². The number of carbonyl (C=O) groups excluding carboxylic acids is 1. The minimum Gasteiger partial charge on any atom is -0.293 e. The molecule has 1 atom stereocenters. The van der Waals surface area contributed by atoms with E-state index in [4.69, 9.17) is 11.6 Å². The van der Waals surface area contributed by atoms with Crippen molar-refractivity contribution in [1.29, 1.82) is 0 Å². The predicted octanol–water partition coefficient (Wildman–Crippen LogP) is 4.31. The molecule has 0 saturated carbocycles. The number of fused-ring (bicyclic) bond motifs is 1. The van der Waals surface area contributed by atoms with Crippen LogP contribution in [0.3, 0.4) is 0 Å². The summed E-state index contributed by atoms with van der Waals surface area (Å²) in [7, 11) is 0. The normalized spacial score (nSPS) is 18.1. The molecule has 3 rings (SSSR count). The van der Waals surface area contributed by atoms with Gasteiger partial charge in [0, 0.05) is 5.92 Å². The fourth-order valence-electron chi connectivity index (χ4n) is 2.46. The van der Waals surface area contributed by atoms with Crippen LogP contribution in [-0.2, 0) is 6.42 Å². The fraction of sp³-hybridized carbons (Fsp3) is 0.214. The molecule has 1 aliphatic carbocycles. The van der Waals surface area contributed by atoms with Gasteiger partial charge in [-0.25, -0.2) is 0 Å². The Kier molecular flexibility index (Phi) is 2.77. The lowest BCUT2D eigenvalue weighted by Crippen LogP contribution is -2.08. The van der Waals surface area contributed by atoms with Crippen LogP contribution in [0.15, 0.2) is 35.7 Å². The van der Waals surface area contributed by atoms with Crippen LogP contribution in [0.1, 0.15) is 33.1 Å². The highest BCUT2D eigenvalue weighted by atomic mass is 35.5. The largest absolute Gasteiger partial charge is 0.293 e. The number of ketones is 1. The Hall–Kier alpha value is -1.12. The molecule has 0 N–H and O–H groups in total. The first kappa shape index (κ1) is 11.0. The summed E-state index contributed by atoms with van der Waals surface area (Å²) in [5.74, 6) is 0.178. The van der Waals surface area contributed by atoms with Gasteiger partial charge in [0.1, 0.15) is 0 Å². The molecule has 1 unspecified atom stereocenters. The lowest BCUT2D eigenvalue weighted by molar-refractivity contribution is 0.0964. The molecule has 0 spiro atoms. The van der Waals surface area contributed by atoms with Crippen LogP contribution >= 0.6 is 22.9 Å². The molecule has 1 aromatic carbocycles. The van der Waals surface area contributed by atoms with Crippen molar-refractivity contribution in [2.45, 2.75) is 18.8 Å². The van der Waals surface area contributed by atoms with Crippen LogP contribution in [0.4, 0.5) is 0 Å². The third-order valence-electron chi connectivity index (χ3n) is 3.29. The molecule has 0 fully saturated rings. The number of thiophene rings is 1. The Morgan fingerprint density at radius 1 is 1.29 bits per heavy atom. The molecule has 3 heteroatoms. The first-order chi connectivity index (χ1) is 8.27. The molecule has 1 heterocycles. The third-order valence-corrected chi connectivity index (χ3v) is 4.65. The SMILES string of the molecule is O=C(c1sccc1Cl)C1CCc2ccccc21. The Labute approximate surface area is 109 Å². The summed E-state index contributed by atoms with van der Waals surface area (Å²) in [5.41, 5.74) is 2.49. The van der Waals surface area contributed by atoms with Gasteiger partial charge in [0.25, 0.3) is 0 Å². The van der Waals surface area contributed by atoms with E-state index in [0.29, 0.717) is 9.90 Å². The second kappa shape index (κ2) is 4.28. The van der Waals surface area contributed by atoms with Crippen molar-refractivity contribution in [2.24, 2.45) is 0 Å². The van der Waals surface area contributed by atoms with Gasteiger partial charge in [0.15, 0.2) is 5.78 Å². The van der Waals surface area contributed by atoms with E-state index in [-0.39, 0.29) is 11.7 Å². The molecular formula is C14H11ClOS. The van der Waals surface area contributed by atoms with Crippen LogP contribution < -0.4 is 0 Å². The van der Waals surface area contributed by atoms with Gasteiger partial charge in [0.2, 0.25) is 0 Å². The van der Waals surface area contributed by atoms with E-state index in [1.807, 2.05) is 17.5 Å². The van der Waals surface area contributed by atoms with Gasteiger partial charge in [0.05, 0.1) is 9.90 Å². The molecule has 2 aromatic rings. The van der Waals surface area contributed by atoms with Gasteiger partial charge in [-0.1, -0.05) is 35.9 Å². The zero-order chi connectivity index (χ0) is 11.8. The lowest BCUT2D eigenvalue weighted by atomic mass is 9.96. The summed E-state index contributed by atoms with van der Waals surface area (Å²) >= 11 is 7.47. The molecule has 17 heavy (non-hydrogen) atoms. The number of halogens is 1. The van der Waals surface area contributed by atoms with E-state index in [9.17, 15) is 4.79 Å². The van der Waals surface area contributed by atoms with Crippen LogP contribution in [0.25, 0.3) is 0 Å². The zero-order valence-corrected chi connectivity index (χ0v) is 10.7. The van der Waals surface area contributed by atoms with Crippen molar-refractivity contribution in [3.05, 3.63) is 56.7 Å². The van der Waals surface area contributed by atoms with Gasteiger partial charge < -0.3 is 0 Å². The van der Waals surface area contributed by atoms with E-state index in [1.165, 1.54) is 22.5 Å². The maximum Gasteiger partial charge on any atom is 0.181 e. The predicted molar refractivity (Wildman–Crippen MR) is 71.2 cm³/mol. The minimum atomic E-state index is 0.00218. The molecule has 0 radical (unpaired) electrons. The van der Waals surface area contributed by atoms with Gasteiger partial charge in [-0.2, -0.15) is 0 Å². The Bertz CT molecular complexity index is 573. The summed E-state index contributed by atoms with van der Waals surface area (Å²) in [6.45, 7) is 0. The highest BCUT2D eigenvalue weighted by Crippen LogP contribution is 2.37. The number of hydrogen-bond donors (Lipinski definition) is 0. The van der Waals surface area contributed by atoms with E-state index < -0.39 is 0 Å². The first-order valence-electron chi connectivity index (χ1n) is 5.62. The van der Waals surface area contributed by atoms with Gasteiger partial charge in [-0.05, 0) is 35.4 Å². The monoisotopic (exact) mass is 262 g/mol. The maximum atomic E-state index is 12.4. The lowest BCUT2D eigenvalue weighted by Gasteiger charge is -2.09. The van der Waals surface area contributed by atoms with Crippen molar-refractivity contribution in [1.82, 2.24) is 0 Å². The maximum absolute atomic E-state index is 12.4. The van der Waals surface area contributed by atoms with Gasteiger partial charge >= 0.3 is 0 Å². The number of Topliss-reactive ketones (excluding diaryl/α,β-unsaturated/α-hetero) is 1. The second-order valence-corrected chi connectivity index (χ2v) is 5.58. The fourth-order valence-corrected chi connectivity index (χ4v) is 3.60. The molecule has 86 valence electrons. The third kappa shape index (κ3) is 1.81. The topological polar surface area (TPSA) is 17.1 Å². The van der Waals surface area contributed by atoms with Crippen molar-refractivity contribution in [3.8, 4) is 0 Å². The van der Waals surface area contributed by atoms with Crippen molar-refractivity contribution < 1.29 is 4.79 Å². The van der Waals surface area contributed by atoms with E-state index in [2.05, 4.69) is 12.1 Å². The number of hydrogen-bond acceptors (Lipinski definition) is 2. The molecule has 1 aromatic heterocycles. The summed E-state index contributed by atoms with van der Waals surface area (Å²) < 4.78 is 0. The van der Waals surface area contributed by atoms with Crippen LogP contribution in [0, 0.1) is 0 Å². The standard InChI is InChI=1S/C14H11ClOS/c15-12-7-8-17-14(12)13(16)11-6-5-9-3-1-2-4-10(9)11/h1-4,7-8,11H,5-6H2. The zero-order valence-electron chi connectivity index (χ0n) is 9.15. The first-order valence-corrected chi connectivity index (χ1v) is 6.88. The van der Waals surface area contributed by atoms with E-state index >= 15 is 0 Å². The van der Waals surface area contributed by atoms with Crippen molar-refractivity contribution >= 4 is 28.7 Å². The average Bonchev–Trinajstić information content (AvgIpc) is 2.94. The van der Waals surface area contributed by atoms with Crippen LogP contribution in [0.5, 0.6) is 0 Å². The van der Waals surface area contributed by atoms with Crippen molar-refractivity contribution in [3.63, 3.8) is 0 Å².